The van der Waals surface area contributed by atoms with Crippen LogP contribution in [0, 0.1) is 28.1 Å². The van der Waals surface area contributed by atoms with Gasteiger partial charge in [-0.15, -0.1) is 0 Å². The summed E-state index contributed by atoms with van der Waals surface area (Å²) in [6.07, 6.45) is 4.09. The average Bonchev–Trinajstić information content (AvgIpc) is 3.23. The number of nitrogens with zero attached hydrogens (tertiary/aromatic N) is 5. The van der Waals surface area contributed by atoms with Crippen molar-refractivity contribution in [2.24, 2.45) is 16.7 Å². The molecule has 1 aromatic heterocycles. The lowest BCUT2D eigenvalue weighted by Crippen LogP contribution is -2.74. The van der Waals surface area contributed by atoms with E-state index in [0.29, 0.717) is 40.5 Å². The summed E-state index contributed by atoms with van der Waals surface area (Å²) in [5, 5.41) is 17.6. The Morgan fingerprint density at radius 3 is 2.16 bits per heavy atom. The first-order valence-electron chi connectivity index (χ1n) is 20.3. The molecule has 14 nitrogen and oxygen atoms in total. The van der Waals surface area contributed by atoms with Gasteiger partial charge < -0.3 is 29.9 Å². The minimum absolute atomic E-state index is 0.0998. The quantitative estimate of drug-likeness (QED) is 0.239. The van der Waals surface area contributed by atoms with Crippen LogP contribution in [0.1, 0.15) is 79.7 Å². The van der Waals surface area contributed by atoms with E-state index in [9.17, 15) is 24.4 Å². The van der Waals surface area contributed by atoms with E-state index in [-0.39, 0.29) is 47.1 Å². The van der Waals surface area contributed by atoms with Crippen molar-refractivity contribution >= 4 is 35.1 Å². The maximum Gasteiger partial charge on any atom is 0.253 e. The zero-order valence-electron chi connectivity index (χ0n) is 34.0. The minimum atomic E-state index is -0.720. The normalized spacial score (nSPS) is 23.2. The topological polar surface area (TPSA) is 169 Å². The average molecular weight is 791 g/mol. The molecule has 1 aliphatic carbocycles. The van der Waals surface area contributed by atoms with Gasteiger partial charge in [-0.1, -0.05) is 27.7 Å². The number of rotatable bonds is 11. The van der Waals surface area contributed by atoms with Crippen molar-refractivity contribution < 1.29 is 28.7 Å². The van der Waals surface area contributed by atoms with E-state index in [1.54, 1.807) is 30.5 Å². The molecule has 4 amide bonds. The number of carbonyl (C=O) groups is 4. The number of methoxy groups -OCH3 is 1. The molecule has 7 rings (SSSR count). The van der Waals surface area contributed by atoms with Gasteiger partial charge in [-0.2, -0.15) is 5.26 Å². The van der Waals surface area contributed by atoms with Crippen LogP contribution in [0.2, 0.25) is 0 Å². The number of pyridine rings is 1. The number of anilines is 2. The van der Waals surface area contributed by atoms with Crippen molar-refractivity contribution in [3.8, 4) is 17.6 Å². The number of hydrogen-bond donors (Lipinski definition) is 3. The van der Waals surface area contributed by atoms with Gasteiger partial charge >= 0.3 is 0 Å². The fourth-order valence-electron chi connectivity index (χ4n) is 9.49. The summed E-state index contributed by atoms with van der Waals surface area (Å²) in [5.41, 5.74) is 1.91. The number of nitrogens with one attached hydrogen (secondary N) is 3. The molecule has 14 heteroatoms. The lowest BCUT2D eigenvalue weighted by molar-refractivity contribution is -0.164. The molecule has 0 radical (unpaired) electrons. The standard InChI is InChI=1S/C44H54N8O6/c1-43(2)41(44(3,4)42(43)58-33-12-8-30(25-45)35(24-33)57-5)49-38(54)29-6-10-32(11-7-29)51-18-16-28(17-19-51)27-50-20-22-52(23-21-50)36-14-9-31(26-46-36)39(55)47-34-13-15-37(53)48-40(34)56/h6-12,14,24,26,28,34,41-42H,13,15-23,27H2,1-5H3,(H,47,55)(H,49,54)(H,48,53,56)/t34-,41-,42-/m0/s1. The highest BCUT2D eigenvalue weighted by Gasteiger charge is 2.64. The number of imide groups is 1. The number of ether oxygens (including phenoxy) is 2. The number of piperidine rings is 2. The maximum absolute atomic E-state index is 13.5. The van der Waals surface area contributed by atoms with Gasteiger partial charge in [0.2, 0.25) is 11.8 Å². The van der Waals surface area contributed by atoms with Gasteiger partial charge in [0.05, 0.1) is 18.2 Å². The summed E-state index contributed by atoms with van der Waals surface area (Å²) in [4.78, 5) is 61.3. The van der Waals surface area contributed by atoms with Crippen molar-refractivity contribution in [2.45, 2.75) is 71.6 Å². The van der Waals surface area contributed by atoms with E-state index in [2.05, 4.69) is 81.5 Å². The second-order valence-corrected chi connectivity index (χ2v) is 17.2. The molecule has 3 aliphatic heterocycles. The fourth-order valence-corrected chi connectivity index (χ4v) is 9.49. The summed E-state index contributed by atoms with van der Waals surface area (Å²) in [7, 11) is 1.54. The molecule has 3 aromatic rings. The molecule has 58 heavy (non-hydrogen) atoms. The smallest absolute Gasteiger partial charge is 0.253 e. The van der Waals surface area contributed by atoms with Crippen LogP contribution < -0.4 is 35.2 Å². The summed E-state index contributed by atoms with van der Waals surface area (Å²) in [6, 6.07) is 18.1. The van der Waals surface area contributed by atoms with Gasteiger partial charge in [0.1, 0.15) is 35.5 Å². The monoisotopic (exact) mass is 790 g/mol. The van der Waals surface area contributed by atoms with Crippen molar-refractivity contribution in [1.29, 1.82) is 5.26 Å². The Labute approximate surface area is 340 Å². The second kappa shape index (κ2) is 16.7. The number of benzene rings is 2. The molecule has 1 atom stereocenters. The van der Waals surface area contributed by atoms with E-state index in [1.165, 1.54) is 7.11 Å². The Hall–Kier alpha value is -5.68. The Bertz CT molecular complexity index is 2030. The van der Waals surface area contributed by atoms with Crippen LogP contribution in [-0.2, 0) is 9.59 Å². The molecule has 0 unspecified atom stereocenters. The molecular formula is C44H54N8O6. The maximum atomic E-state index is 13.5. The third-order valence-corrected chi connectivity index (χ3v) is 12.5. The number of aromatic nitrogens is 1. The SMILES string of the molecule is COc1cc(O[C@H]2C(C)(C)[C@H](NC(=O)c3ccc(N4CCC(CN5CCN(c6ccc(C(=O)N[C@H]7CCC(=O)NC7=O)cn6)CC5)CC4)cc3)C2(C)C)ccc1C#N. The summed E-state index contributed by atoms with van der Waals surface area (Å²) in [6.45, 7) is 15.0. The predicted octanol–water partition coefficient (Wildman–Crippen LogP) is 4.15. The van der Waals surface area contributed by atoms with Crippen molar-refractivity contribution in [1.82, 2.24) is 25.8 Å². The first-order valence-corrected chi connectivity index (χ1v) is 20.3. The minimum Gasteiger partial charge on any atom is -0.495 e. The largest absolute Gasteiger partial charge is 0.495 e. The van der Waals surface area contributed by atoms with Gasteiger partial charge in [0.25, 0.3) is 11.8 Å². The highest BCUT2D eigenvalue weighted by molar-refractivity contribution is 6.03. The predicted molar refractivity (Wildman–Crippen MR) is 219 cm³/mol. The van der Waals surface area contributed by atoms with E-state index in [4.69, 9.17) is 9.47 Å². The Morgan fingerprint density at radius 2 is 1.53 bits per heavy atom. The van der Waals surface area contributed by atoms with Crippen LogP contribution in [0.4, 0.5) is 11.5 Å². The summed E-state index contributed by atoms with van der Waals surface area (Å²) >= 11 is 0. The Balaban J connectivity index is 0.835. The van der Waals surface area contributed by atoms with Gasteiger partial charge in [-0.25, -0.2) is 4.98 Å². The van der Waals surface area contributed by atoms with Crippen LogP contribution >= 0.6 is 0 Å². The number of carbonyl (C=O) groups excluding carboxylic acids is 4. The molecule has 0 bridgehead atoms. The first kappa shape index (κ1) is 40.5. The van der Waals surface area contributed by atoms with Crippen molar-refractivity contribution in [3.05, 3.63) is 77.5 Å². The van der Waals surface area contributed by atoms with Crippen LogP contribution in [0.15, 0.2) is 60.8 Å². The molecule has 4 fully saturated rings. The molecule has 306 valence electrons. The summed E-state index contributed by atoms with van der Waals surface area (Å²) in [5.74, 6) is 1.27. The van der Waals surface area contributed by atoms with Gasteiger partial charge in [0.15, 0.2) is 0 Å². The van der Waals surface area contributed by atoms with E-state index in [0.717, 1.165) is 70.2 Å². The lowest BCUT2D eigenvalue weighted by Gasteiger charge is -2.63. The number of piperazine rings is 1. The zero-order chi connectivity index (χ0) is 41.2. The van der Waals surface area contributed by atoms with Gasteiger partial charge in [-0.3, -0.25) is 29.4 Å². The van der Waals surface area contributed by atoms with Crippen molar-refractivity contribution in [2.75, 3.05) is 62.7 Å². The van der Waals surface area contributed by atoms with E-state index in [1.807, 2.05) is 18.2 Å². The number of amides is 4. The third-order valence-electron chi connectivity index (χ3n) is 12.5. The molecule has 2 aromatic carbocycles. The molecule has 4 aliphatic rings. The molecule has 0 spiro atoms. The highest BCUT2D eigenvalue weighted by atomic mass is 16.5. The highest BCUT2D eigenvalue weighted by Crippen LogP contribution is 2.55. The molecule has 4 heterocycles. The Morgan fingerprint density at radius 1 is 0.862 bits per heavy atom. The van der Waals surface area contributed by atoms with Crippen LogP contribution in [0.5, 0.6) is 11.5 Å². The van der Waals surface area contributed by atoms with E-state index < -0.39 is 11.9 Å². The summed E-state index contributed by atoms with van der Waals surface area (Å²) < 4.78 is 11.8. The molecule has 3 saturated heterocycles. The number of hydrogen-bond acceptors (Lipinski definition) is 11. The lowest BCUT2D eigenvalue weighted by atomic mass is 9.49. The third kappa shape index (κ3) is 8.45. The van der Waals surface area contributed by atoms with Crippen LogP contribution in [-0.4, -0.2) is 105 Å². The molecule has 1 saturated carbocycles. The van der Waals surface area contributed by atoms with Crippen LogP contribution in [0.3, 0.4) is 0 Å². The fraction of sp³-hybridized carbons (Fsp3) is 0.500. The molecule has 3 N–H and O–H groups in total. The van der Waals surface area contributed by atoms with E-state index >= 15 is 0 Å². The van der Waals surface area contributed by atoms with Gasteiger partial charge in [-0.05, 0) is 73.7 Å². The van der Waals surface area contributed by atoms with Crippen LogP contribution in [0.25, 0.3) is 0 Å². The Kier molecular flexibility index (Phi) is 11.6. The number of nitriles is 1. The first-order chi connectivity index (χ1) is 27.8. The van der Waals surface area contributed by atoms with Crippen molar-refractivity contribution in [3.63, 3.8) is 0 Å². The molecular weight excluding hydrogens is 737 g/mol. The van der Waals surface area contributed by atoms with Gasteiger partial charge in [0, 0.05) is 92.6 Å². The zero-order valence-corrected chi connectivity index (χ0v) is 34.0. The second-order valence-electron chi connectivity index (χ2n) is 17.2.